The predicted molar refractivity (Wildman–Crippen MR) is 102 cm³/mol. The third-order valence-corrected chi connectivity index (χ3v) is 4.17. The van der Waals surface area contributed by atoms with Crippen molar-refractivity contribution in [2.24, 2.45) is 0 Å². The second-order valence-corrected chi connectivity index (χ2v) is 6.60. The van der Waals surface area contributed by atoms with E-state index in [0.717, 1.165) is 12.2 Å². The highest BCUT2D eigenvalue weighted by molar-refractivity contribution is 6.05. The molecule has 0 saturated carbocycles. The monoisotopic (exact) mass is 369 g/mol. The number of aromatic nitrogens is 2. The number of rotatable bonds is 6. The van der Waals surface area contributed by atoms with Crippen molar-refractivity contribution in [1.82, 2.24) is 14.7 Å². The van der Waals surface area contributed by atoms with Crippen molar-refractivity contribution < 1.29 is 13.9 Å². The van der Waals surface area contributed by atoms with Gasteiger partial charge in [-0.25, -0.2) is 4.79 Å². The van der Waals surface area contributed by atoms with Crippen LogP contribution in [0.4, 0.5) is 0 Å². The summed E-state index contributed by atoms with van der Waals surface area (Å²) in [5.74, 6) is 0.333. The Kier molecular flexibility index (Phi) is 5.30. The van der Waals surface area contributed by atoms with Crippen LogP contribution in [0.2, 0.25) is 0 Å². The van der Waals surface area contributed by atoms with Gasteiger partial charge in [-0.05, 0) is 39.0 Å². The van der Waals surface area contributed by atoms with Gasteiger partial charge in [0.25, 0.3) is 5.91 Å². The van der Waals surface area contributed by atoms with Crippen LogP contribution in [0.1, 0.15) is 36.8 Å². The van der Waals surface area contributed by atoms with E-state index in [1.165, 1.54) is 6.07 Å². The van der Waals surface area contributed by atoms with E-state index >= 15 is 0 Å². The van der Waals surface area contributed by atoms with Gasteiger partial charge < -0.3 is 14.1 Å². The van der Waals surface area contributed by atoms with E-state index in [1.54, 1.807) is 36.3 Å². The number of nitrogens with zero attached hydrogens (tertiary/aromatic N) is 3. The van der Waals surface area contributed by atoms with Crippen molar-refractivity contribution in [3.63, 3.8) is 0 Å². The fourth-order valence-electron chi connectivity index (χ4n) is 2.97. The maximum Gasteiger partial charge on any atom is 0.337 e. The van der Waals surface area contributed by atoms with E-state index in [1.807, 2.05) is 31.5 Å². The summed E-state index contributed by atoms with van der Waals surface area (Å²) in [5.41, 5.74) is 0.992. The zero-order valence-corrected chi connectivity index (χ0v) is 15.9. The highest BCUT2D eigenvalue weighted by Crippen LogP contribution is 2.24. The van der Waals surface area contributed by atoms with E-state index in [4.69, 9.17) is 9.15 Å². The van der Waals surface area contributed by atoms with Gasteiger partial charge in [0.1, 0.15) is 11.3 Å². The molecule has 0 atom stereocenters. The molecule has 0 fully saturated rings. The van der Waals surface area contributed by atoms with Gasteiger partial charge in [0.05, 0.1) is 23.9 Å². The Morgan fingerprint density at radius 2 is 2.07 bits per heavy atom. The van der Waals surface area contributed by atoms with Gasteiger partial charge in [0.15, 0.2) is 0 Å². The first-order chi connectivity index (χ1) is 12.9. The summed E-state index contributed by atoms with van der Waals surface area (Å²) in [6.07, 6.45) is 1.70. The largest absolute Gasteiger partial charge is 0.491 e. The normalized spacial score (nSPS) is 11.1. The Hall–Kier alpha value is -3.09. The molecule has 7 heteroatoms. The summed E-state index contributed by atoms with van der Waals surface area (Å²) in [6.45, 7) is 6.93. The molecular weight excluding hydrogens is 346 g/mol. The quantitative estimate of drug-likeness (QED) is 0.624. The Morgan fingerprint density at radius 1 is 1.30 bits per heavy atom. The number of amides is 1. The molecule has 0 unspecified atom stereocenters. The highest BCUT2D eigenvalue weighted by Gasteiger charge is 2.19. The predicted octanol–water partition coefficient (Wildman–Crippen LogP) is 3.07. The number of carbonyl (C=O) groups excluding carboxylic acids is 1. The zero-order valence-electron chi connectivity index (χ0n) is 15.9. The van der Waals surface area contributed by atoms with Crippen molar-refractivity contribution in [3.05, 3.63) is 58.2 Å². The Morgan fingerprint density at radius 3 is 2.78 bits per heavy atom. The van der Waals surface area contributed by atoms with Gasteiger partial charge in [-0.3, -0.25) is 9.48 Å². The first-order valence-corrected chi connectivity index (χ1v) is 8.89. The molecule has 3 aromatic rings. The molecule has 0 saturated heterocycles. The molecule has 7 nitrogen and oxygen atoms in total. The van der Waals surface area contributed by atoms with Crippen molar-refractivity contribution >= 4 is 16.9 Å². The average Bonchev–Trinajstić information content (AvgIpc) is 3.06. The lowest BCUT2D eigenvalue weighted by Gasteiger charge is -2.18. The molecule has 0 bridgehead atoms. The minimum absolute atomic E-state index is 0.00598. The second kappa shape index (κ2) is 7.65. The molecule has 0 aliphatic heterocycles. The first kappa shape index (κ1) is 18.7. The smallest absolute Gasteiger partial charge is 0.337 e. The highest BCUT2D eigenvalue weighted by atomic mass is 16.5. The maximum atomic E-state index is 13.0. The number of hydrogen-bond donors (Lipinski definition) is 0. The van der Waals surface area contributed by atoms with Crippen molar-refractivity contribution in [1.29, 1.82) is 0 Å². The molecule has 0 aliphatic rings. The topological polar surface area (TPSA) is 77.6 Å². The Labute approximate surface area is 157 Å². The fraction of sp³-hybridized carbons (Fsp3) is 0.350. The number of fused-ring (bicyclic) bond motifs is 1. The molecular formula is C20H23N3O4. The van der Waals surface area contributed by atoms with Crippen LogP contribution in [0.15, 0.2) is 45.7 Å². The fourth-order valence-corrected chi connectivity index (χ4v) is 2.97. The second-order valence-electron chi connectivity index (χ2n) is 6.60. The van der Waals surface area contributed by atoms with E-state index in [9.17, 15) is 9.59 Å². The van der Waals surface area contributed by atoms with Crippen LogP contribution < -0.4 is 10.4 Å². The third-order valence-electron chi connectivity index (χ3n) is 4.17. The van der Waals surface area contributed by atoms with Gasteiger partial charge in [-0.15, -0.1) is 0 Å². The number of ether oxygens (including phenoxy) is 1. The average molecular weight is 369 g/mol. The Bertz CT molecular complexity index is 1020. The minimum atomic E-state index is -0.570. The van der Waals surface area contributed by atoms with Gasteiger partial charge in [0, 0.05) is 37.3 Å². The van der Waals surface area contributed by atoms with E-state index in [-0.39, 0.29) is 12.0 Å². The third kappa shape index (κ3) is 4.02. The van der Waals surface area contributed by atoms with Gasteiger partial charge in [-0.1, -0.05) is 0 Å². The van der Waals surface area contributed by atoms with Gasteiger partial charge in [0.2, 0.25) is 0 Å². The molecule has 142 valence electrons. The van der Waals surface area contributed by atoms with E-state index < -0.39 is 5.63 Å². The summed E-state index contributed by atoms with van der Waals surface area (Å²) < 4.78 is 12.7. The lowest BCUT2D eigenvalue weighted by atomic mass is 10.1. The standard InChI is InChI=1S/C20H23N3O4/c1-5-23-14(8-9-21-23)12-22(4)20(25)17-11-19(24)27-18-10-15(26-13(2)3)6-7-16(17)18/h6-11,13H,5,12H2,1-4H3. The number of benzene rings is 1. The SMILES string of the molecule is CCn1nccc1CN(C)C(=O)c1cc(=O)oc2cc(OC(C)C)ccc12. The Balaban J connectivity index is 1.95. The number of aryl methyl sites for hydroxylation is 1. The molecule has 0 N–H and O–H groups in total. The zero-order chi connectivity index (χ0) is 19.6. The minimum Gasteiger partial charge on any atom is -0.491 e. The molecule has 2 aromatic heterocycles. The van der Waals surface area contributed by atoms with Gasteiger partial charge >= 0.3 is 5.63 Å². The lowest BCUT2D eigenvalue weighted by molar-refractivity contribution is 0.0782. The summed E-state index contributed by atoms with van der Waals surface area (Å²) in [7, 11) is 1.70. The van der Waals surface area contributed by atoms with Crippen molar-refractivity contribution in [2.75, 3.05) is 7.05 Å². The summed E-state index contributed by atoms with van der Waals surface area (Å²) >= 11 is 0. The molecule has 1 amide bonds. The van der Waals surface area contributed by atoms with Crippen LogP contribution >= 0.6 is 0 Å². The van der Waals surface area contributed by atoms with Crippen LogP contribution in [0.25, 0.3) is 11.0 Å². The molecule has 1 aromatic carbocycles. The van der Waals surface area contributed by atoms with Gasteiger partial charge in [-0.2, -0.15) is 5.10 Å². The number of carbonyl (C=O) groups is 1. The summed E-state index contributed by atoms with van der Waals surface area (Å²) in [4.78, 5) is 26.5. The van der Waals surface area contributed by atoms with Crippen LogP contribution in [-0.2, 0) is 13.1 Å². The van der Waals surface area contributed by atoms with E-state index in [0.29, 0.717) is 28.8 Å². The lowest BCUT2D eigenvalue weighted by Crippen LogP contribution is -2.28. The van der Waals surface area contributed by atoms with Crippen molar-refractivity contribution in [2.45, 2.75) is 40.0 Å². The van der Waals surface area contributed by atoms with E-state index in [2.05, 4.69) is 5.10 Å². The number of hydrogen-bond acceptors (Lipinski definition) is 5. The molecule has 0 radical (unpaired) electrons. The molecule has 0 spiro atoms. The van der Waals surface area contributed by atoms with Crippen LogP contribution in [0, 0.1) is 0 Å². The molecule has 0 aliphatic carbocycles. The molecule has 27 heavy (non-hydrogen) atoms. The van der Waals surface area contributed by atoms with Crippen LogP contribution in [0.5, 0.6) is 5.75 Å². The van der Waals surface area contributed by atoms with Crippen molar-refractivity contribution in [3.8, 4) is 5.75 Å². The molecule has 3 rings (SSSR count). The summed E-state index contributed by atoms with van der Waals surface area (Å²) in [6, 6.07) is 8.26. The summed E-state index contributed by atoms with van der Waals surface area (Å²) in [5, 5.41) is 4.79. The van der Waals surface area contributed by atoms with Crippen LogP contribution in [0.3, 0.4) is 0 Å². The first-order valence-electron chi connectivity index (χ1n) is 8.89. The van der Waals surface area contributed by atoms with Crippen LogP contribution in [-0.4, -0.2) is 33.7 Å². The maximum absolute atomic E-state index is 13.0. The molecule has 2 heterocycles.